The maximum Gasteiger partial charge on any atom is 0.330 e. The van der Waals surface area contributed by atoms with E-state index in [0.29, 0.717) is 18.8 Å². The zero-order chi connectivity index (χ0) is 11.8. The minimum Gasteiger partial charge on any atom is -0.479 e. The molecule has 1 aliphatic carbocycles. The normalized spacial score (nSPS) is 30.2. The summed E-state index contributed by atoms with van der Waals surface area (Å²) >= 11 is 0. The first-order chi connectivity index (χ1) is 7.56. The number of imidazole rings is 1. The number of H-pyrrole nitrogens is 1. The van der Waals surface area contributed by atoms with Crippen molar-refractivity contribution in [2.24, 2.45) is 5.92 Å². The number of aromatic amines is 1. The molecule has 0 spiro atoms. The van der Waals surface area contributed by atoms with Crippen LogP contribution in [0.2, 0.25) is 0 Å². The Balaban J connectivity index is 2.41. The van der Waals surface area contributed by atoms with E-state index in [1.807, 2.05) is 0 Å². The van der Waals surface area contributed by atoms with Crippen LogP contribution < -0.4 is 5.69 Å². The summed E-state index contributed by atoms with van der Waals surface area (Å²) in [5.74, 6) is -0.358. The third-order valence-electron chi connectivity index (χ3n) is 3.61. The quantitative estimate of drug-likeness (QED) is 0.791. The van der Waals surface area contributed by atoms with Crippen LogP contribution in [-0.4, -0.2) is 20.6 Å². The van der Waals surface area contributed by atoms with Gasteiger partial charge in [0.25, 0.3) is 0 Å². The maximum absolute atomic E-state index is 11.6. The summed E-state index contributed by atoms with van der Waals surface area (Å²) in [6, 6.07) is 0. The van der Waals surface area contributed by atoms with Crippen molar-refractivity contribution in [1.82, 2.24) is 9.55 Å². The molecule has 1 aliphatic rings. The third-order valence-corrected chi connectivity index (χ3v) is 3.61. The lowest BCUT2D eigenvalue weighted by Crippen LogP contribution is -2.48. The van der Waals surface area contributed by atoms with Crippen molar-refractivity contribution in [1.29, 1.82) is 0 Å². The Hall–Kier alpha value is -1.52. The fraction of sp³-hybridized carbons (Fsp3) is 0.636. The van der Waals surface area contributed by atoms with Crippen molar-refractivity contribution in [3.05, 3.63) is 22.9 Å². The molecule has 1 saturated carbocycles. The number of carboxylic acids is 1. The zero-order valence-electron chi connectivity index (χ0n) is 9.27. The van der Waals surface area contributed by atoms with Gasteiger partial charge in [-0.15, -0.1) is 0 Å². The fourth-order valence-corrected chi connectivity index (χ4v) is 2.45. The molecule has 1 aromatic heterocycles. The van der Waals surface area contributed by atoms with Crippen molar-refractivity contribution in [3.63, 3.8) is 0 Å². The number of carboxylic acid groups (broad SMARTS) is 1. The minimum absolute atomic E-state index is 0.336. The van der Waals surface area contributed by atoms with Gasteiger partial charge in [0.15, 0.2) is 0 Å². The Morgan fingerprint density at radius 2 is 2.19 bits per heavy atom. The molecule has 1 heterocycles. The van der Waals surface area contributed by atoms with Crippen molar-refractivity contribution in [3.8, 4) is 0 Å². The Kier molecular flexibility index (Phi) is 2.61. The Morgan fingerprint density at radius 1 is 1.56 bits per heavy atom. The summed E-state index contributed by atoms with van der Waals surface area (Å²) in [4.78, 5) is 25.5. The summed E-state index contributed by atoms with van der Waals surface area (Å²) in [6.45, 7) is 2.12. The van der Waals surface area contributed by atoms with Crippen molar-refractivity contribution < 1.29 is 9.90 Å². The number of hydrogen-bond acceptors (Lipinski definition) is 2. The first kappa shape index (κ1) is 11.0. The van der Waals surface area contributed by atoms with Crippen LogP contribution in [0.4, 0.5) is 0 Å². The van der Waals surface area contributed by atoms with E-state index < -0.39 is 11.5 Å². The molecule has 0 aliphatic heterocycles. The Bertz CT molecular complexity index is 438. The van der Waals surface area contributed by atoms with Crippen LogP contribution in [0.1, 0.15) is 32.6 Å². The Labute approximate surface area is 93.1 Å². The van der Waals surface area contributed by atoms with Crippen LogP contribution in [0.15, 0.2) is 17.2 Å². The van der Waals surface area contributed by atoms with E-state index in [-0.39, 0.29) is 5.69 Å². The van der Waals surface area contributed by atoms with Crippen LogP contribution in [0.5, 0.6) is 0 Å². The van der Waals surface area contributed by atoms with Crippen molar-refractivity contribution in [2.45, 2.75) is 38.1 Å². The molecule has 16 heavy (non-hydrogen) atoms. The average Bonchev–Trinajstić information content (AvgIpc) is 2.66. The van der Waals surface area contributed by atoms with Gasteiger partial charge in [0.1, 0.15) is 5.54 Å². The molecule has 0 aromatic carbocycles. The molecule has 0 saturated heterocycles. The summed E-state index contributed by atoms with van der Waals surface area (Å²) in [7, 11) is 0. The highest BCUT2D eigenvalue weighted by molar-refractivity contribution is 5.76. The van der Waals surface area contributed by atoms with Gasteiger partial charge in [-0.1, -0.05) is 6.92 Å². The van der Waals surface area contributed by atoms with E-state index in [1.54, 1.807) is 0 Å². The van der Waals surface area contributed by atoms with Gasteiger partial charge in [0.2, 0.25) is 0 Å². The zero-order valence-corrected chi connectivity index (χ0v) is 9.27. The molecule has 2 N–H and O–H groups in total. The second-order valence-corrected chi connectivity index (χ2v) is 4.65. The molecule has 0 atom stereocenters. The van der Waals surface area contributed by atoms with E-state index in [4.69, 9.17) is 0 Å². The summed E-state index contributed by atoms with van der Waals surface area (Å²) in [5.41, 5.74) is -1.37. The SMILES string of the molecule is CC1CCC(C(=O)O)(n2cc[nH]c2=O)CC1. The highest BCUT2D eigenvalue weighted by Gasteiger charge is 2.43. The maximum atomic E-state index is 11.6. The molecule has 0 radical (unpaired) electrons. The molecule has 5 heteroatoms. The smallest absolute Gasteiger partial charge is 0.330 e. The summed E-state index contributed by atoms with van der Waals surface area (Å²) < 4.78 is 1.33. The Morgan fingerprint density at radius 3 is 2.62 bits per heavy atom. The molecule has 1 aromatic rings. The van der Waals surface area contributed by atoms with Crippen LogP contribution >= 0.6 is 0 Å². The van der Waals surface area contributed by atoms with Crippen LogP contribution in [0.3, 0.4) is 0 Å². The first-order valence-electron chi connectivity index (χ1n) is 5.56. The van der Waals surface area contributed by atoms with Gasteiger partial charge in [-0.05, 0) is 31.6 Å². The first-order valence-corrected chi connectivity index (χ1v) is 5.56. The van der Waals surface area contributed by atoms with Gasteiger partial charge in [-0.3, -0.25) is 4.57 Å². The number of aliphatic carboxylic acids is 1. The molecule has 0 amide bonds. The van der Waals surface area contributed by atoms with Crippen molar-refractivity contribution >= 4 is 5.97 Å². The van der Waals surface area contributed by atoms with Gasteiger partial charge in [-0.2, -0.15) is 0 Å². The molecule has 0 bridgehead atoms. The minimum atomic E-state index is -1.04. The third kappa shape index (κ3) is 1.56. The molecular formula is C11H16N2O3. The predicted octanol–water partition coefficient (Wildman–Crippen LogP) is 1.17. The predicted molar refractivity (Wildman–Crippen MR) is 58.3 cm³/mol. The molecule has 0 unspecified atom stereocenters. The molecule has 2 rings (SSSR count). The van der Waals surface area contributed by atoms with Crippen LogP contribution in [-0.2, 0) is 10.3 Å². The molecule has 88 valence electrons. The van der Waals surface area contributed by atoms with Crippen LogP contribution in [0.25, 0.3) is 0 Å². The number of carbonyl (C=O) groups is 1. The van der Waals surface area contributed by atoms with E-state index >= 15 is 0 Å². The summed E-state index contributed by atoms with van der Waals surface area (Å²) in [5, 5.41) is 9.40. The van der Waals surface area contributed by atoms with Crippen LogP contribution in [0, 0.1) is 5.92 Å². The average molecular weight is 224 g/mol. The van der Waals surface area contributed by atoms with Gasteiger partial charge < -0.3 is 10.1 Å². The molecule has 5 nitrogen and oxygen atoms in total. The second-order valence-electron chi connectivity index (χ2n) is 4.65. The van der Waals surface area contributed by atoms with Crippen molar-refractivity contribution in [2.75, 3.05) is 0 Å². The number of rotatable bonds is 2. The van der Waals surface area contributed by atoms with E-state index in [0.717, 1.165) is 12.8 Å². The van der Waals surface area contributed by atoms with E-state index in [9.17, 15) is 14.7 Å². The summed E-state index contributed by atoms with van der Waals surface area (Å²) in [6.07, 6.45) is 5.79. The lowest BCUT2D eigenvalue weighted by Gasteiger charge is -2.36. The van der Waals surface area contributed by atoms with Gasteiger partial charge in [-0.25, -0.2) is 9.59 Å². The van der Waals surface area contributed by atoms with Gasteiger partial charge in [0.05, 0.1) is 0 Å². The molecular weight excluding hydrogens is 208 g/mol. The van der Waals surface area contributed by atoms with Gasteiger partial charge in [0, 0.05) is 12.4 Å². The van der Waals surface area contributed by atoms with Gasteiger partial charge >= 0.3 is 11.7 Å². The second kappa shape index (κ2) is 3.81. The number of nitrogens with zero attached hydrogens (tertiary/aromatic N) is 1. The lowest BCUT2D eigenvalue weighted by atomic mass is 9.77. The van der Waals surface area contributed by atoms with E-state index in [2.05, 4.69) is 11.9 Å². The monoisotopic (exact) mass is 224 g/mol. The van der Waals surface area contributed by atoms with E-state index in [1.165, 1.54) is 17.0 Å². The topological polar surface area (TPSA) is 75.1 Å². The largest absolute Gasteiger partial charge is 0.479 e. The highest BCUT2D eigenvalue weighted by atomic mass is 16.4. The number of hydrogen-bond donors (Lipinski definition) is 2. The molecule has 1 fully saturated rings. The standard InChI is InChI=1S/C11H16N2O3/c1-8-2-4-11(5-3-8,9(14)15)13-7-6-12-10(13)16/h6-8H,2-5H2,1H3,(H,12,16)(H,14,15). The number of nitrogens with one attached hydrogen (secondary N) is 1. The highest BCUT2D eigenvalue weighted by Crippen LogP contribution is 2.36. The fourth-order valence-electron chi connectivity index (χ4n) is 2.45. The lowest BCUT2D eigenvalue weighted by molar-refractivity contribution is -0.150. The number of aromatic nitrogens is 2.